The Morgan fingerprint density at radius 2 is 1.71 bits per heavy atom. The fourth-order valence-electron chi connectivity index (χ4n) is 3.68. The molecule has 0 radical (unpaired) electrons. The van der Waals surface area contributed by atoms with E-state index in [1.807, 2.05) is 37.3 Å². The van der Waals surface area contributed by atoms with E-state index in [1.54, 1.807) is 4.90 Å². The summed E-state index contributed by atoms with van der Waals surface area (Å²) in [6.45, 7) is 5.20. The van der Waals surface area contributed by atoms with E-state index in [-0.39, 0.29) is 35.1 Å². The summed E-state index contributed by atoms with van der Waals surface area (Å²) < 4.78 is 40.5. The molecule has 10 heteroatoms. The van der Waals surface area contributed by atoms with E-state index in [1.165, 1.54) is 30.7 Å². The number of aromatic nitrogens is 2. The van der Waals surface area contributed by atoms with Crippen molar-refractivity contribution >= 4 is 17.6 Å². The highest BCUT2D eigenvalue weighted by atomic mass is 19.4. The van der Waals surface area contributed by atoms with Crippen LogP contribution in [0.4, 0.5) is 13.2 Å². The van der Waals surface area contributed by atoms with Gasteiger partial charge in [-0.1, -0.05) is 36.4 Å². The molecule has 0 spiro atoms. The second kappa shape index (κ2) is 10.5. The first-order chi connectivity index (χ1) is 16.5. The molecule has 184 valence electrons. The van der Waals surface area contributed by atoms with E-state index < -0.39 is 23.4 Å². The summed E-state index contributed by atoms with van der Waals surface area (Å²) in [6.07, 6.45) is -4.54. The van der Waals surface area contributed by atoms with Crippen LogP contribution in [-0.4, -0.2) is 45.4 Å². The molecule has 7 nitrogen and oxygen atoms in total. The van der Waals surface area contributed by atoms with Gasteiger partial charge < -0.3 is 10.2 Å². The van der Waals surface area contributed by atoms with Gasteiger partial charge in [-0.3, -0.25) is 14.4 Å². The summed E-state index contributed by atoms with van der Waals surface area (Å²) in [5.41, 5.74) is 0.554. The number of rotatable bonds is 8. The van der Waals surface area contributed by atoms with E-state index >= 15 is 0 Å². The van der Waals surface area contributed by atoms with E-state index in [4.69, 9.17) is 0 Å². The van der Waals surface area contributed by atoms with Crippen LogP contribution in [0, 0.1) is 13.8 Å². The van der Waals surface area contributed by atoms with Gasteiger partial charge >= 0.3 is 6.18 Å². The van der Waals surface area contributed by atoms with Gasteiger partial charge in [0.05, 0.1) is 34.7 Å². The molecule has 0 saturated carbocycles. The highest BCUT2D eigenvalue weighted by Gasteiger charge is 2.31. The summed E-state index contributed by atoms with van der Waals surface area (Å²) in [6, 6.07) is 13.9. The number of carbonyl (C=O) groups excluding carboxylic acids is 3. The van der Waals surface area contributed by atoms with Crippen LogP contribution in [-0.2, 0) is 22.3 Å². The molecule has 0 bridgehead atoms. The average molecular weight is 486 g/mol. The van der Waals surface area contributed by atoms with Crippen LogP contribution in [0.15, 0.2) is 54.6 Å². The predicted molar refractivity (Wildman–Crippen MR) is 123 cm³/mol. The average Bonchev–Trinajstić information content (AvgIpc) is 3.14. The Labute approximate surface area is 200 Å². The summed E-state index contributed by atoms with van der Waals surface area (Å²) >= 11 is 0. The SMILES string of the molecule is CCN(Cc1ccccc1)C(=O)CNC(=O)C(=O)c1c(C)nn(-c2cccc(C(F)(F)F)c2)c1C. The number of hydrogen-bond acceptors (Lipinski definition) is 4. The summed E-state index contributed by atoms with van der Waals surface area (Å²) in [5.74, 6) is -2.27. The van der Waals surface area contributed by atoms with Gasteiger partial charge in [-0.05, 0) is 44.5 Å². The number of likely N-dealkylation sites (N-methyl/N-ethyl adjacent to an activating group) is 1. The van der Waals surface area contributed by atoms with E-state index in [9.17, 15) is 27.6 Å². The van der Waals surface area contributed by atoms with Crippen LogP contribution >= 0.6 is 0 Å². The minimum atomic E-state index is -4.54. The molecule has 3 aromatic rings. The molecule has 2 amide bonds. The smallest absolute Gasteiger partial charge is 0.340 e. The number of Topliss-reactive ketones (excluding diaryl/α,β-unsaturated/α-hetero) is 1. The minimum Gasteiger partial charge on any atom is -0.340 e. The number of benzene rings is 2. The zero-order chi connectivity index (χ0) is 25.8. The molecular formula is C25H25F3N4O3. The van der Waals surface area contributed by atoms with Crippen LogP contribution in [0.2, 0.25) is 0 Å². The second-order valence-corrected chi connectivity index (χ2v) is 7.91. The fraction of sp³-hybridized carbons (Fsp3) is 0.280. The van der Waals surface area contributed by atoms with Gasteiger partial charge in [0.15, 0.2) is 0 Å². The number of aryl methyl sites for hydroxylation is 1. The molecule has 0 aliphatic rings. The van der Waals surface area contributed by atoms with Crippen molar-refractivity contribution in [3.63, 3.8) is 0 Å². The lowest BCUT2D eigenvalue weighted by molar-refractivity contribution is -0.137. The molecule has 0 atom stereocenters. The molecule has 0 unspecified atom stereocenters. The Kier molecular flexibility index (Phi) is 7.73. The first-order valence-electron chi connectivity index (χ1n) is 10.9. The third kappa shape index (κ3) is 5.95. The Morgan fingerprint density at radius 3 is 2.34 bits per heavy atom. The lowest BCUT2D eigenvalue weighted by Gasteiger charge is -2.21. The molecule has 0 aliphatic carbocycles. The van der Waals surface area contributed by atoms with Crippen LogP contribution in [0.25, 0.3) is 5.69 Å². The highest BCUT2D eigenvalue weighted by molar-refractivity contribution is 6.43. The predicted octanol–water partition coefficient (Wildman–Crippen LogP) is 3.86. The first-order valence-corrected chi connectivity index (χ1v) is 10.9. The van der Waals surface area contributed by atoms with Crippen LogP contribution in [0.5, 0.6) is 0 Å². The number of alkyl halides is 3. The summed E-state index contributed by atoms with van der Waals surface area (Å²) in [7, 11) is 0. The number of hydrogen-bond donors (Lipinski definition) is 1. The minimum absolute atomic E-state index is 0.0241. The van der Waals surface area contributed by atoms with E-state index in [0.29, 0.717) is 13.1 Å². The largest absolute Gasteiger partial charge is 0.416 e. The fourth-order valence-corrected chi connectivity index (χ4v) is 3.68. The lowest BCUT2D eigenvalue weighted by Crippen LogP contribution is -2.42. The number of halogens is 3. The number of ketones is 1. The maximum absolute atomic E-state index is 13.1. The molecule has 1 heterocycles. The number of nitrogens with one attached hydrogen (secondary N) is 1. The molecule has 1 N–H and O–H groups in total. The van der Waals surface area contributed by atoms with Crippen LogP contribution in [0.3, 0.4) is 0 Å². The maximum atomic E-state index is 13.1. The van der Waals surface area contributed by atoms with E-state index in [0.717, 1.165) is 17.7 Å². The Hall–Kier alpha value is -3.95. The Morgan fingerprint density at radius 1 is 1.03 bits per heavy atom. The van der Waals surface area contributed by atoms with Gasteiger partial charge in [-0.15, -0.1) is 0 Å². The quantitative estimate of drug-likeness (QED) is 0.387. The number of carbonyl (C=O) groups is 3. The summed E-state index contributed by atoms with van der Waals surface area (Å²) in [4.78, 5) is 39.5. The number of nitrogens with zero attached hydrogens (tertiary/aromatic N) is 3. The molecule has 3 rings (SSSR count). The van der Waals surface area contributed by atoms with Crippen LogP contribution < -0.4 is 5.32 Å². The lowest BCUT2D eigenvalue weighted by atomic mass is 10.1. The van der Waals surface area contributed by atoms with E-state index in [2.05, 4.69) is 10.4 Å². The van der Waals surface area contributed by atoms with Gasteiger partial charge in [0.25, 0.3) is 11.7 Å². The highest BCUT2D eigenvalue weighted by Crippen LogP contribution is 2.31. The van der Waals surface area contributed by atoms with Crippen molar-refractivity contribution in [2.45, 2.75) is 33.5 Å². The standard InChI is InChI=1S/C25H25F3N4O3/c1-4-31(15-18-9-6-5-7-10-18)21(33)14-29-24(35)23(34)22-16(2)30-32(17(22)3)20-12-8-11-19(13-20)25(26,27)28/h5-13H,4,14-15H2,1-3H3,(H,29,35). The Bertz CT molecular complexity index is 1240. The normalized spacial score (nSPS) is 11.3. The van der Waals surface area contributed by atoms with Crippen LogP contribution in [0.1, 0.15) is 39.8 Å². The monoisotopic (exact) mass is 486 g/mol. The van der Waals surface area contributed by atoms with Gasteiger partial charge in [-0.2, -0.15) is 18.3 Å². The van der Waals surface area contributed by atoms with Crippen molar-refractivity contribution in [3.8, 4) is 5.69 Å². The van der Waals surface area contributed by atoms with Crippen molar-refractivity contribution in [3.05, 3.63) is 82.7 Å². The maximum Gasteiger partial charge on any atom is 0.416 e. The first kappa shape index (κ1) is 25.7. The van der Waals surface area contributed by atoms with Crippen molar-refractivity contribution in [2.75, 3.05) is 13.1 Å². The van der Waals surface area contributed by atoms with Gasteiger partial charge in [0, 0.05) is 13.1 Å². The Balaban J connectivity index is 1.72. The van der Waals surface area contributed by atoms with Crippen molar-refractivity contribution in [1.29, 1.82) is 0 Å². The molecule has 2 aromatic carbocycles. The molecular weight excluding hydrogens is 461 g/mol. The second-order valence-electron chi connectivity index (χ2n) is 7.91. The third-order valence-corrected chi connectivity index (χ3v) is 5.49. The zero-order valence-corrected chi connectivity index (χ0v) is 19.5. The molecule has 0 fully saturated rings. The molecule has 0 saturated heterocycles. The van der Waals surface area contributed by atoms with Gasteiger partial charge in [0.1, 0.15) is 0 Å². The molecule has 0 aliphatic heterocycles. The van der Waals surface area contributed by atoms with Crippen molar-refractivity contribution in [2.24, 2.45) is 0 Å². The zero-order valence-electron chi connectivity index (χ0n) is 19.5. The molecule has 35 heavy (non-hydrogen) atoms. The summed E-state index contributed by atoms with van der Waals surface area (Å²) in [5, 5.41) is 6.51. The molecule has 1 aromatic heterocycles. The van der Waals surface area contributed by atoms with Crippen molar-refractivity contribution in [1.82, 2.24) is 20.0 Å². The van der Waals surface area contributed by atoms with Gasteiger partial charge in [-0.25, -0.2) is 4.68 Å². The van der Waals surface area contributed by atoms with Crippen molar-refractivity contribution < 1.29 is 27.6 Å². The third-order valence-electron chi connectivity index (χ3n) is 5.49. The topological polar surface area (TPSA) is 84.3 Å². The van der Waals surface area contributed by atoms with Gasteiger partial charge in [0.2, 0.25) is 5.91 Å². The number of amides is 2.